The number of likely N-dealkylation sites (N-methyl/N-ethyl adjacent to an activating group) is 1. The number of benzene rings is 1. The van der Waals surface area contributed by atoms with Crippen LogP contribution in [0.2, 0.25) is 0 Å². The molecule has 34 heavy (non-hydrogen) atoms. The number of carbonyl (C=O) groups is 3. The second kappa shape index (κ2) is 9.41. The lowest BCUT2D eigenvalue weighted by molar-refractivity contribution is -0.274. The van der Waals surface area contributed by atoms with Crippen molar-refractivity contribution >= 4 is 17.7 Å². The Labute approximate surface area is 195 Å². The number of piperazine rings is 1. The maximum atomic E-state index is 12.9. The molecule has 3 saturated heterocycles. The number of alkyl halides is 3. The zero-order valence-electron chi connectivity index (χ0n) is 18.8. The molecule has 4 rings (SSSR count). The number of nitrogens with one attached hydrogen (secondary N) is 1. The monoisotopic (exact) mass is 483 g/mol. The third-order valence-electron chi connectivity index (χ3n) is 6.91. The van der Waals surface area contributed by atoms with Crippen molar-refractivity contribution in [3.8, 4) is 5.75 Å². The number of likely N-dealkylation sites (tertiary alicyclic amines) is 1. The number of fused-ring (bicyclic) bond motifs is 1. The normalized spacial score (nSPS) is 27.0. The molecule has 0 aromatic heterocycles. The molecule has 3 N–H and O–H groups in total. The van der Waals surface area contributed by atoms with Crippen LogP contribution in [0, 0.1) is 5.92 Å². The number of carbonyl (C=O) groups excluding carboxylic acids is 3. The fourth-order valence-electron chi connectivity index (χ4n) is 5.11. The first kappa shape index (κ1) is 24.3. The molecule has 3 heterocycles. The van der Waals surface area contributed by atoms with E-state index in [9.17, 15) is 27.6 Å². The molecular weight excluding hydrogens is 455 g/mol. The molecule has 0 spiro atoms. The lowest BCUT2D eigenvalue weighted by atomic mass is 9.88. The first-order chi connectivity index (χ1) is 16.0. The van der Waals surface area contributed by atoms with Crippen LogP contribution in [0.25, 0.3) is 0 Å². The van der Waals surface area contributed by atoms with E-state index in [0.717, 1.165) is 5.56 Å². The third-order valence-corrected chi connectivity index (χ3v) is 6.91. The highest BCUT2D eigenvalue weighted by Gasteiger charge is 2.50. The maximum Gasteiger partial charge on any atom is 0.573 e. The first-order valence-electron chi connectivity index (χ1n) is 11.2. The minimum absolute atomic E-state index is 0.130. The summed E-state index contributed by atoms with van der Waals surface area (Å²) in [5.74, 6) is -2.23. The minimum Gasteiger partial charge on any atom is -0.406 e. The highest BCUT2D eigenvalue weighted by molar-refractivity contribution is 6.35. The molecular formula is C22H28F3N5O4. The van der Waals surface area contributed by atoms with Gasteiger partial charge in [-0.3, -0.25) is 24.6 Å². The fraction of sp³-hybridized carbons (Fsp3) is 0.591. The van der Waals surface area contributed by atoms with Crippen molar-refractivity contribution in [2.45, 2.75) is 50.4 Å². The first-order valence-corrected chi connectivity index (χ1v) is 11.2. The molecule has 186 valence electrons. The van der Waals surface area contributed by atoms with Crippen LogP contribution in [0.15, 0.2) is 24.3 Å². The number of ether oxygens (including phenoxy) is 1. The van der Waals surface area contributed by atoms with E-state index in [1.807, 2.05) is 0 Å². The molecule has 3 atom stereocenters. The summed E-state index contributed by atoms with van der Waals surface area (Å²) in [6.45, 7) is 2.25. The molecule has 12 heteroatoms. The van der Waals surface area contributed by atoms with Gasteiger partial charge in [0.2, 0.25) is 5.91 Å². The van der Waals surface area contributed by atoms with Crippen LogP contribution in [0.1, 0.15) is 24.8 Å². The number of halogens is 3. The van der Waals surface area contributed by atoms with Gasteiger partial charge < -0.3 is 20.3 Å². The Hall–Kier alpha value is -2.86. The van der Waals surface area contributed by atoms with Gasteiger partial charge in [-0.2, -0.15) is 0 Å². The summed E-state index contributed by atoms with van der Waals surface area (Å²) < 4.78 is 40.9. The van der Waals surface area contributed by atoms with Crippen molar-refractivity contribution in [3.05, 3.63) is 29.8 Å². The molecule has 1 aromatic rings. The molecule has 3 amide bonds. The Kier molecular flexibility index (Phi) is 6.72. The number of nitrogens with zero attached hydrogens (tertiary/aromatic N) is 3. The molecule has 1 aromatic carbocycles. The van der Waals surface area contributed by atoms with Gasteiger partial charge in [0.1, 0.15) is 11.9 Å². The number of nitrogens with two attached hydrogens (primary N) is 1. The Morgan fingerprint density at radius 1 is 1.15 bits per heavy atom. The number of hydrogen-bond acceptors (Lipinski definition) is 6. The molecule has 3 unspecified atom stereocenters. The highest BCUT2D eigenvalue weighted by atomic mass is 19.4. The van der Waals surface area contributed by atoms with Crippen LogP contribution in [-0.4, -0.2) is 83.7 Å². The van der Waals surface area contributed by atoms with Crippen LogP contribution in [0.4, 0.5) is 13.2 Å². The summed E-state index contributed by atoms with van der Waals surface area (Å²) in [5.41, 5.74) is 6.31. The Morgan fingerprint density at radius 3 is 2.38 bits per heavy atom. The van der Waals surface area contributed by atoms with Crippen molar-refractivity contribution in [1.29, 1.82) is 0 Å². The summed E-state index contributed by atoms with van der Waals surface area (Å²) in [5, 5.41) is 3.26. The van der Waals surface area contributed by atoms with Gasteiger partial charge >= 0.3 is 18.2 Å². The molecule has 0 bridgehead atoms. The van der Waals surface area contributed by atoms with Crippen LogP contribution in [-0.2, 0) is 20.9 Å². The van der Waals surface area contributed by atoms with Gasteiger partial charge in [0.15, 0.2) is 0 Å². The predicted molar refractivity (Wildman–Crippen MR) is 114 cm³/mol. The van der Waals surface area contributed by atoms with Gasteiger partial charge in [-0.05, 0) is 37.0 Å². The summed E-state index contributed by atoms with van der Waals surface area (Å²) in [4.78, 5) is 42.4. The van der Waals surface area contributed by atoms with E-state index in [0.29, 0.717) is 45.4 Å². The minimum atomic E-state index is -4.72. The molecule has 0 saturated carbocycles. The van der Waals surface area contributed by atoms with Gasteiger partial charge in [-0.1, -0.05) is 12.1 Å². The average Bonchev–Trinajstić information content (AvgIpc) is 2.79. The van der Waals surface area contributed by atoms with E-state index in [1.54, 1.807) is 24.1 Å². The van der Waals surface area contributed by atoms with E-state index >= 15 is 0 Å². The van der Waals surface area contributed by atoms with Gasteiger partial charge in [0, 0.05) is 39.3 Å². The summed E-state index contributed by atoms with van der Waals surface area (Å²) in [6.07, 6.45) is -3.38. The number of piperidine rings is 2. The van der Waals surface area contributed by atoms with Crippen LogP contribution in [0.5, 0.6) is 5.75 Å². The summed E-state index contributed by atoms with van der Waals surface area (Å²) in [7, 11) is 1.58. The van der Waals surface area contributed by atoms with Crippen molar-refractivity contribution in [3.63, 3.8) is 0 Å². The molecule has 9 nitrogen and oxygen atoms in total. The van der Waals surface area contributed by atoms with Crippen molar-refractivity contribution < 1.29 is 32.3 Å². The third kappa shape index (κ3) is 5.12. The average molecular weight is 483 g/mol. The molecule has 3 fully saturated rings. The second-order valence-corrected chi connectivity index (χ2v) is 9.08. The molecule has 0 radical (unpaired) electrons. The smallest absolute Gasteiger partial charge is 0.406 e. The molecule has 3 aliphatic rings. The van der Waals surface area contributed by atoms with Crippen LogP contribution in [0.3, 0.4) is 0 Å². The maximum absolute atomic E-state index is 12.9. The van der Waals surface area contributed by atoms with Crippen molar-refractivity contribution in [2.75, 3.05) is 26.7 Å². The lowest BCUT2D eigenvalue weighted by Crippen LogP contribution is -2.73. The Balaban J connectivity index is 1.37. The predicted octanol–water partition coefficient (Wildman–Crippen LogP) is 0.640. The van der Waals surface area contributed by atoms with Gasteiger partial charge in [0.25, 0.3) is 0 Å². The van der Waals surface area contributed by atoms with E-state index in [2.05, 4.69) is 15.0 Å². The molecule has 0 aliphatic carbocycles. The lowest BCUT2D eigenvalue weighted by Gasteiger charge is -2.52. The number of rotatable bonds is 5. The summed E-state index contributed by atoms with van der Waals surface area (Å²) >= 11 is 0. The number of primary amides is 1. The highest BCUT2D eigenvalue weighted by Crippen LogP contribution is 2.31. The van der Waals surface area contributed by atoms with Crippen LogP contribution >= 0.6 is 0 Å². The van der Waals surface area contributed by atoms with Crippen molar-refractivity contribution in [2.24, 2.45) is 11.7 Å². The number of amides is 3. The summed E-state index contributed by atoms with van der Waals surface area (Å²) in [6, 6.07) is 5.32. The largest absolute Gasteiger partial charge is 0.573 e. The topological polar surface area (TPSA) is 108 Å². The van der Waals surface area contributed by atoms with E-state index in [4.69, 9.17) is 5.73 Å². The SMILES string of the molecule is CN1C(=O)C(=O)N(C2CCN(Cc3ccc(OC(F)(F)F)cc3)CC2)C2NCC(C(N)=O)CC21. The van der Waals surface area contributed by atoms with Crippen LogP contribution < -0.4 is 15.8 Å². The zero-order valence-corrected chi connectivity index (χ0v) is 18.8. The van der Waals surface area contributed by atoms with Gasteiger partial charge in [-0.25, -0.2) is 0 Å². The second-order valence-electron chi connectivity index (χ2n) is 9.08. The van der Waals surface area contributed by atoms with E-state index in [1.165, 1.54) is 17.0 Å². The van der Waals surface area contributed by atoms with Crippen molar-refractivity contribution in [1.82, 2.24) is 20.0 Å². The standard InChI is InChI=1S/C22H28F3N5O4/c1-28-17-10-14(18(26)31)11-27-19(17)30(21(33)20(28)32)15-6-8-29(9-7-15)12-13-2-4-16(5-3-13)34-22(23,24)25/h2-5,14-15,17,19,27H,6-12H2,1H3,(H2,26,31). The quantitative estimate of drug-likeness (QED) is 0.596. The van der Waals surface area contributed by atoms with Gasteiger partial charge in [-0.15, -0.1) is 13.2 Å². The van der Waals surface area contributed by atoms with E-state index < -0.39 is 30.0 Å². The van der Waals surface area contributed by atoms with E-state index in [-0.39, 0.29) is 24.0 Å². The Morgan fingerprint density at radius 2 is 1.79 bits per heavy atom. The van der Waals surface area contributed by atoms with Gasteiger partial charge in [0.05, 0.1) is 12.0 Å². The molecule has 3 aliphatic heterocycles. The fourth-order valence-corrected chi connectivity index (χ4v) is 5.11. The Bertz CT molecular complexity index is 933. The number of hydrogen-bond donors (Lipinski definition) is 2. The zero-order chi connectivity index (χ0) is 24.6.